The predicted molar refractivity (Wildman–Crippen MR) is 68.3 cm³/mol. The van der Waals surface area contributed by atoms with Crippen LogP contribution in [0.2, 0.25) is 0 Å². The van der Waals surface area contributed by atoms with Crippen molar-refractivity contribution in [3.63, 3.8) is 0 Å². The molecule has 0 aliphatic rings. The molecule has 1 aromatic rings. The maximum absolute atomic E-state index is 10.5. The van der Waals surface area contributed by atoms with Crippen molar-refractivity contribution >= 4 is 17.5 Å². The minimum absolute atomic E-state index is 0.0217. The average Bonchev–Trinajstić information content (AvgIpc) is 2.28. The lowest BCUT2D eigenvalue weighted by atomic mass is 10.4. The quantitative estimate of drug-likeness (QED) is 0.526. The van der Waals surface area contributed by atoms with Crippen LogP contribution in [0.15, 0.2) is 6.33 Å². The van der Waals surface area contributed by atoms with Crippen molar-refractivity contribution in [1.82, 2.24) is 15.3 Å². The van der Waals surface area contributed by atoms with Crippen molar-refractivity contribution in [2.45, 2.75) is 20.0 Å². The Morgan fingerprint density at radius 2 is 2.17 bits per heavy atom. The molecule has 0 aliphatic carbocycles. The van der Waals surface area contributed by atoms with E-state index in [2.05, 4.69) is 20.6 Å². The zero-order chi connectivity index (χ0) is 13.5. The summed E-state index contributed by atoms with van der Waals surface area (Å²) >= 11 is 0. The van der Waals surface area contributed by atoms with Crippen LogP contribution >= 0.6 is 0 Å². The second-order valence-electron chi connectivity index (χ2n) is 3.83. The molecule has 8 nitrogen and oxygen atoms in total. The summed E-state index contributed by atoms with van der Waals surface area (Å²) in [5.74, 6) is 0.803. The summed E-state index contributed by atoms with van der Waals surface area (Å²) < 4.78 is 5.42. The fraction of sp³-hybridized carbons (Fsp3) is 0.500. The third-order valence-electron chi connectivity index (χ3n) is 1.91. The number of primary amides is 1. The number of nitrogens with one attached hydrogen (secondary N) is 2. The maximum atomic E-state index is 10.5. The molecule has 0 radical (unpaired) electrons. The zero-order valence-electron chi connectivity index (χ0n) is 10.4. The van der Waals surface area contributed by atoms with E-state index in [-0.39, 0.29) is 6.10 Å². The van der Waals surface area contributed by atoms with Gasteiger partial charge in [-0.1, -0.05) is 0 Å². The van der Waals surface area contributed by atoms with Crippen LogP contribution in [0.1, 0.15) is 13.8 Å². The third-order valence-corrected chi connectivity index (χ3v) is 1.91. The Morgan fingerprint density at radius 1 is 1.44 bits per heavy atom. The molecule has 0 saturated carbocycles. The third kappa shape index (κ3) is 4.32. The van der Waals surface area contributed by atoms with Gasteiger partial charge in [0.15, 0.2) is 5.82 Å². The van der Waals surface area contributed by atoms with Gasteiger partial charge in [0, 0.05) is 13.1 Å². The smallest absolute Gasteiger partial charge is 0.312 e. The predicted octanol–water partition coefficient (Wildman–Crippen LogP) is -0.0738. The van der Waals surface area contributed by atoms with Crippen LogP contribution in [0, 0.1) is 0 Å². The molecule has 0 atom stereocenters. The first kappa shape index (κ1) is 13.8. The highest BCUT2D eigenvalue weighted by Crippen LogP contribution is 2.24. The highest BCUT2D eigenvalue weighted by atomic mass is 16.5. The molecule has 2 amide bonds. The van der Waals surface area contributed by atoms with Gasteiger partial charge in [0.1, 0.15) is 12.0 Å². The summed E-state index contributed by atoms with van der Waals surface area (Å²) in [7, 11) is 0. The molecule has 0 saturated heterocycles. The summed E-state index contributed by atoms with van der Waals surface area (Å²) in [6.07, 6.45) is 1.34. The van der Waals surface area contributed by atoms with Gasteiger partial charge >= 0.3 is 6.03 Å². The van der Waals surface area contributed by atoms with Gasteiger partial charge in [0.25, 0.3) is 0 Å². The number of nitrogens with zero attached hydrogens (tertiary/aromatic N) is 2. The second kappa shape index (κ2) is 6.48. The summed E-state index contributed by atoms with van der Waals surface area (Å²) in [6, 6.07) is -0.573. The molecule has 6 N–H and O–H groups in total. The van der Waals surface area contributed by atoms with E-state index in [1.807, 2.05) is 13.8 Å². The highest BCUT2D eigenvalue weighted by molar-refractivity contribution is 5.71. The van der Waals surface area contributed by atoms with Gasteiger partial charge in [-0.15, -0.1) is 0 Å². The van der Waals surface area contributed by atoms with Crippen LogP contribution in [0.3, 0.4) is 0 Å². The molecular formula is C10H18N6O2. The SMILES string of the molecule is CC(C)Oc1ncnc(NCCNC(N)=O)c1N. The molecule has 1 rings (SSSR count). The molecule has 18 heavy (non-hydrogen) atoms. The first-order chi connectivity index (χ1) is 8.50. The van der Waals surface area contributed by atoms with Crippen molar-refractivity contribution in [3.8, 4) is 5.88 Å². The standard InChI is InChI=1S/C10H18N6O2/c1-6(2)18-9-7(11)8(15-5-16-9)13-3-4-14-10(12)17/h5-6H,3-4,11H2,1-2H3,(H3,12,14,17)(H,13,15,16). The summed E-state index contributed by atoms with van der Waals surface area (Å²) in [5.41, 5.74) is 11.1. The number of carbonyl (C=O) groups is 1. The number of anilines is 2. The van der Waals surface area contributed by atoms with Crippen molar-refractivity contribution in [2.75, 3.05) is 24.1 Å². The lowest BCUT2D eigenvalue weighted by molar-refractivity contribution is 0.234. The molecule has 0 aliphatic heterocycles. The number of amides is 2. The van der Waals surface area contributed by atoms with Crippen LogP contribution in [0.5, 0.6) is 5.88 Å². The van der Waals surface area contributed by atoms with Gasteiger partial charge < -0.3 is 26.8 Å². The summed E-state index contributed by atoms with van der Waals surface area (Å²) in [4.78, 5) is 18.4. The Kier molecular flexibility index (Phi) is 4.97. The number of hydrogen-bond acceptors (Lipinski definition) is 6. The van der Waals surface area contributed by atoms with E-state index >= 15 is 0 Å². The van der Waals surface area contributed by atoms with E-state index in [4.69, 9.17) is 16.2 Å². The van der Waals surface area contributed by atoms with E-state index < -0.39 is 6.03 Å². The zero-order valence-corrected chi connectivity index (χ0v) is 10.4. The summed E-state index contributed by atoms with van der Waals surface area (Å²) in [6.45, 7) is 4.58. The van der Waals surface area contributed by atoms with Gasteiger partial charge in [0.05, 0.1) is 6.10 Å². The molecule has 0 bridgehead atoms. The minimum atomic E-state index is -0.573. The van der Waals surface area contributed by atoms with Gasteiger partial charge in [0.2, 0.25) is 5.88 Å². The Balaban J connectivity index is 2.57. The summed E-state index contributed by atoms with van der Waals surface area (Å²) in [5, 5.41) is 5.40. The van der Waals surface area contributed by atoms with E-state index in [0.29, 0.717) is 30.5 Å². The maximum Gasteiger partial charge on any atom is 0.312 e. The largest absolute Gasteiger partial charge is 0.473 e. The number of nitrogen functional groups attached to an aromatic ring is 1. The van der Waals surface area contributed by atoms with Crippen LogP contribution in [-0.2, 0) is 0 Å². The number of carbonyl (C=O) groups excluding carboxylic acids is 1. The minimum Gasteiger partial charge on any atom is -0.473 e. The van der Waals surface area contributed by atoms with E-state index in [1.165, 1.54) is 6.33 Å². The Hall–Kier alpha value is -2.25. The number of aromatic nitrogens is 2. The van der Waals surface area contributed by atoms with Crippen LogP contribution < -0.4 is 26.8 Å². The number of ether oxygens (including phenoxy) is 1. The highest BCUT2D eigenvalue weighted by Gasteiger charge is 2.10. The molecular weight excluding hydrogens is 236 g/mol. The molecule has 8 heteroatoms. The number of hydrogen-bond donors (Lipinski definition) is 4. The molecule has 1 heterocycles. The lowest BCUT2D eigenvalue weighted by Crippen LogP contribution is -2.33. The Bertz CT molecular complexity index is 409. The fourth-order valence-electron chi connectivity index (χ4n) is 1.20. The Labute approximate surface area is 105 Å². The average molecular weight is 254 g/mol. The Morgan fingerprint density at radius 3 is 2.78 bits per heavy atom. The number of rotatable bonds is 6. The van der Waals surface area contributed by atoms with Gasteiger partial charge in [-0.3, -0.25) is 0 Å². The van der Waals surface area contributed by atoms with E-state index in [9.17, 15) is 4.79 Å². The van der Waals surface area contributed by atoms with Crippen LogP contribution in [-0.4, -0.2) is 35.2 Å². The lowest BCUT2D eigenvalue weighted by Gasteiger charge is -2.13. The van der Waals surface area contributed by atoms with Crippen molar-refractivity contribution < 1.29 is 9.53 Å². The molecule has 100 valence electrons. The van der Waals surface area contributed by atoms with Crippen molar-refractivity contribution in [3.05, 3.63) is 6.33 Å². The molecule has 0 unspecified atom stereocenters. The first-order valence-corrected chi connectivity index (χ1v) is 5.55. The molecule has 1 aromatic heterocycles. The second-order valence-corrected chi connectivity index (χ2v) is 3.83. The van der Waals surface area contributed by atoms with Crippen LogP contribution in [0.25, 0.3) is 0 Å². The topological polar surface area (TPSA) is 128 Å². The van der Waals surface area contributed by atoms with Crippen molar-refractivity contribution in [2.24, 2.45) is 5.73 Å². The van der Waals surface area contributed by atoms with E-state index in [0.717, 1.165) is 0 Å². The fourth-order valence-corrected chi connectivity index (χ4v) is 1.20. The van der Waals surface area contributed by atoms with Crippen molar-refractivity contribution in [1.29, 1.82) is 0 Å². The molecule has 0 spiro atoms. The normalized spacial score (nSPS) is 10.2. The van der Waals surface area contributed by atoms with Gasteiger partial charge in [-0.2, -0.15) is 4.98 Å². The molecule has 0 fully saturated rings. The van der Waals surface area contributed by atoms with Gasteiger partial charge in [-0.05, 0) is 13.8 Å². The first-order valence-electron chi connectivity index (χ1n) is 5.55. The van der Waals surface area contributed by atoms with E-state index in [1.54, 1.807) is 0 Å². The molecule has 0 aromatic carbocycles. The van der Waals surface area contributed by atoms with Crippen LogP contribution in [0.4, 0.5) is 16.3 Å². The monoisotopic (exact) mass is 254 g/mol. The van der Waals surface area contributed by atoms with Gasteiger partial charge in [-0.25, -0.2) is 9.78 Å². The number of nitrogens with two attached hydrogens (primary N) is 2. The number of urea groups is 1.